The van der Waals surface area contributed by atoms with Crippen LogP contribution >= 0.6 is 11.8 Å². The second-order valence-electron chi connectivity index (χ2n) is 6.85. The van der Waals surface area contributed by atoms with Crippen molar-refractivity contribution in [1.29, 1.82) is 0 Å². The predicted octanol–water partition coefficient (Wildman–Crippen LogP) is 2.48. The fourth-order valence-electron chi connectivity index (χ4n) is 3.31. The average Bonchev–Trinajstić information content (AvgIpc) is 3.19. The van der Waals surface area contributed by atoms with E-state index in [-0.39, 0.29) is 12.1 Å². The van der Waals surface area contributed by atoms with Gasteiger partial charge in [-0.1, -0.05) is 18.7 Å². The summed E-state index contributed by atoms with van der Waals surface area (Å²) in [6.45, 7) is 5.45. The molecule has 2 aromatic heterocycles. The van der Waals surface area contributed by atoms with Gasteiger partial charge in [0.2, 0.25) is 0 Å². The third-order valence-corrected chi connectivity index (χ3v) is 5.56. The molecule has 1 aliphatic rings. The van der Waals surface area contributed by atoms with E-state index in [9.17, 15) is 13.6 Å². The molecule has 0 aliphatic carbocycles. The molecule has 4 rings (SSSR count). The van der Waals surface area contributed by atoms with Crippen molar-refractivity contribution in [3.8, 4) is 0 Å². The van der Waals surface area contributed by atoms with Gasteiger partial charge >= 0.3 is 0 Å². The van der Waals surface area contributed by atoms with E-state index in [0.717, 1.165) is 42.2 Å². The van der Waals surface area contributed by atoms with Crippen LogP contribution in [0.5, 0.6) is 0 Å². The highest BCUT2D eigenvalue weighted by molar-refractivity contribution is 7.99. The van der Waals surface area contributed by atoms with E-state index < -0.39 is 17.5 Å². The van der Waals surface area contributed by atoms with E-state index in [1.807, 2.05) is 6.92 Å². The first-order valence-electron chi connectivity index (χ1n) is 9.99. The zero-order valence-corrected chi connectivity index (χ0v) is 17.8. The molecule has 11 heteroatoms. The highest BCUT2D eigenvalue weighted by Gasteiger charge is 2.20. The molecule has 1 N–H and O–H groups in total. The van der Waals surface area contributed by atoms with Gasteiger partial charge in [0.15, 0.2) is 22.4 Å². The summed E-state index contributed by atoms with van der Waals surface area (Å²) in [4.78, 5) is 23.8. The van der Waals surface area contributed by atoms with Crippen LogP contribution in [-0.2, 0) is 11.3 Å². The number of anilines is 1. The number of rotatable bonds is 7. The normalized spacial score (nSPS) is 14.2. The standard InChI is InChI=1S/C20H22F2N6O2S/c1-2-31-20-25-17(27-7-9-30-10-8-27)14-12-24-28(18(14)26-20)6-5-23-19(29)13-3-4-15(21)16(22)11-13/h3-4,11-12H,2,5-10H2,1H3,(H,23,29). The lowest BCUT2D eigenvalue weighted by Crippen LogP contribution is -2.37. The number of carbonyl (C=O) groups is 1. The summed E-state index contributed by atoms with van der Waals surface area (Å²) in [5.41, 5.74) is 0.748. The monoisotopic (exact) mass is 448 g/mol. The van der Waals surface area contributed by atoms with Crippen LogP contribution in [0.4, 0.5) is 14.6 Å². The van der Waals surface area contributed by atoms with Crippen molar-refractivity contribution in [3.63, 3.8) is 0 Å². The Labute approximate surface area is 182 Å². The van der Waals surface area contributed by atoms with Gasteiger partial charge in [-0.15, -0.1) is 0 Å². The smallest absolute Gasteiger partial charge is 0.251 e. The van der Waals surface area contributed by atoms with Gasteiger partial charge in [0.25, 0.3) is 5.91 Å². The SMILES string of the molecule is CCSc1nc(N2CCOCC2)c2cnn(CCNC(=O)c3ccc(F)c(F)c3)c2n1. The lowest BCUT2D eigenvalue weighted by atomic mass is 10.2. The van der Waals surface area contributed by atoms with Crippen LogP contribution in [0.1, 0.15) is 17.3 Å². The van der Waals surface area contributed by atoms with Crippen LogP contribution in [-0.4, -0.2) is 64.3 Å². The molecule has 0 radical (unpaired) electrons. The first kappa shape index (κ1) is 21.4. The molecule has 0 atom stereocenters. The quantitative estimate of drug-likeness (QED) is 0.439. The lowest BCUT2D eigenvalue weighted by Gasteiger charge is -2.28. The minimum atomic E-state index is -1.06. The van der Waals surface area contributed by atoms with E-state index in [4.69, 9.17) is 9.72 Å². The molecule has 1 aromatic carbocycles. The zero-order chi connectivity index (χ0) is 21.8. The minimum absolute atomic E-state index is 0.0581. The number of fused-ring (bicyclic) bond motifs is 1. The van der Waals surface area contributed by atoms with E-state index in [1.165, 1.54) is 6.07 Å². The van der Waals surface area contributed by atoms with Crippen LogP contribution in [0.3, 0.4) is 0 Å². The molecular formula is C20H22F2N6O2S. The molecule has 1 amide bonds. The van der Waals surface area contributed by atoms with Gasteiger partial charge in [0.1, 0.15) is 5.82 Å². The van der Waals surface area contributed by atoms with Crippen LogP contribution in [0.25, 0.3) is 11.0 Å². The molecule has 164 valence electrons. The van der Waals surface area contributed by atoms with Crippen LogP contribution in [0.15, 0.2) is 29.6 Å². The van der Waals surface area contributed by atoms with Crippen molar-refractivity contribution in [1.82, 2.24) is 25.1 Å². The minimum Gasteiger partial charge on any atom is -0.378 e. The van der Waals surface area contributed by atoms with E-state index in [1.54, 1.807) is 22.6 Å². The van der Waals surface area contributed by atoms with Gasteiger partial charge in [0, 0.05) is 25.2 Å². The fourth-order valence-corrected chi connectivity index (χ4v) is 3.87. The highest BCUT2D eigenvalue weighted by atomic mass is 32.2. The third kappa shape index (κ3) is 4.77. The topological polar surface area (TPSA) is 85.2 Å². The maximum absolute atomic E-state index is 13.4. The Morgan fingerprint density at radius 1 is 1.23 bits per heavy atom. The molecular weight excluding hydrogens is 426 g/mol. The lowest BCUT2D eigenvalue weighted by molar-refractivity contribution is 0.0951. The average molecular weight is 448 g/mol. The summed E-state index contributed by atoms with van der Waals surface area (Å²) >= 11 is 1.55. The summed E-state index contributed by atoms with van der Waals surface area (Å²) in [7, 11) is 0. The Bertz CT molecular complexity index is 1090. The Hall–Kier alpha value is -2.79. The molecule has 0 unspecified atom stereocenters. The highest BCUT2D eigenvalue weighted by Crippen LogP contribution is 2.27. The molecule has 1 aliphatic heterocycles. The number of hydrogen-bond donors (Lipinski definition) is 1. The van der Waals surface area contributed by atoms with Gasteiger partial charge in [0.05, 0.1) is 31.3 Å². The third-order valence-electron chi connectivity index (χ3n) is 4.83. The van der Waals surface area contributed by atoms with Gasteiger partial charge in [-0.05, 0) is 24.0 Å². The largest absolute Gasteiger partial charge is 0.378 e. The molecule has 0 bridgehead atoms. The number of aromatic nitrogens is 4. The maximum Gasteiger partial charge on any atom is 0.251 e. The van der Waals surface area contributed by atoms with Crippen molar-refractivity contribution in [2.75, 3.05) is 43.5 Å². The Balaban J connectivity index is 1.51. The number of halogens is 2. The number of amides is 1. The number of hydrogen-bond acceptors (Lipinski definition) is 7. The fraction of sp³-hybridized carbons (Fsp3) is 0.400. The molecule has 31 heavy (non-hydrogen) atoms. The summed E-state index contributed by atoms with van der Waals surface area (Å²) in [6.07, 6.45) is 1.73. The van der Waals surface area contributed by atoms with Crippen molar-refractivity contribution < 1.29 is 18.3 Å². The van der Waals surface area contributed by atoms with Crippen LogP contribution < -0.4 is 10.2 Å². The zero-order valence-electron chi connectivity index (χ0n) is 17.0. The number of ether oxygens (including phenoxy) is 1. The Kier molecular flexibility index (Phi) is 6.62. The van der Waals surface area contributed by atoms with Crippen molar-refractivity contribution in [2.24, 2.45) is 0 Å². The van der Waals surface area contributed by atoms with Gasteiger partial charge in [-0.3, -0.25) is 4.79 Å². The second kappa shape index (κ2) is 9.56. The number of nitrogens with zero attached hydrogens (tertiary/aromatic N) is 5. The number of nitrogens with one attached hydrogen (secondary N) is 1. The van der Waals surface area contributed by atoms with Crippen molar-refractivity contribution in [3.05, 3.63) is 41.6 Å². The molecule has 0 spiro atoms. The van der Waals surface area contributed by atoms with Gasteiger partial charge < -0.3 is 15.0 Å². The van der Waals surface area contributed by atoms with E-state index in [2.05, 4.69) is 20.3 Å². The Morgan fingerprint density at radius 3 is 2.77 bits per heavy atom. The van der Waals surface area contributed by atoms with E-state index >= 15 is 0 Å². The van der Waals surface area contributed by atoms with Crippen molar-refractivity contribution >= 4 is 34.5 Å². The number of morpholine rings is 1. The first-order valence-corrected chi connectivity index (χ1v) is 11.0. The molecule has 0 saturated carbocycles. The number of benzene rings is 1. The van der Waals surface area contributed by atoms with Crippen LogP contribution in [0, 0.1) is 11.6 Å². The number of thioether (sulfide) groups is 1. The number of carbonyl (C=O) groups excluding carboxylic acids is 1. The van der Waals surface area contributed by atoms with Crippen molar-refractivity contribution in [2.45, 2.75) is 18.6 Å². The Morgan fingerprint density at radius 2 is 2.03 bits per heavy atom. The summed E-state index contributed by atoms with van der Waals surface area (Å²) in [5.74, 6) is -0.857. The summed E-state index contributed by atoms with van der Waals surface area (Å²) in [6, 6.07) is 3.06. The molecule has 3 aromatic rings. The molecule has 3 heterocycles. The predicted molar refractivity (Wildman–Crippen MR) is 113 cm³/mol. The second-order valence-corrected chi connectivity index (χ2v) is 8.08. The molecule has 1 saturated heterocycles. The van der Waals surface area contributed by atoms with Gasteiger partial charge in [-0.2, -0.15) is 5.10 Å². The summed E-state index contributed by atoms with van der Waals surface area (Å²) < 4.78 is 33.6. The maximum atomic E-state index is 13.4. The van der Waals surface area contributed by atoms with E-state index in [0.29, 0.717) is 30.6 Å². The van der Waals surface area contributed by atoms with Gasteiger partial charge in [-0.25, -0.2) is 23.4 Å². The molecule has 8 nitrogen and oxygen atoms in total. The summed E-state index contributed by atoms with van der Waals surface area (Å²) in [5, 5.41) is 8.65. The first-order chi connectivity index (χ1) is 15.1. The van der Waals surface area contributed by atoms with Crippen LogP contribution in [0.2, 0.25) is 0 Å². The molecule has 1 fully saturated rings.